The molecule has 1 aromatic heterocycles. The molecule has 0 unspecified atom stereocenters. The fourth-order valence-corrected chi connectivity index (χ4v) is 3.02. The Balaban J connectivity index is 1.91. The Morgan fingerprint density at radius 3 is 2.56 bits per heavy atom. The van der Waals surface area contributed by atoms with Gasteiger partial charge in [-0.2, -0.15) is 4.98 Å². The molecule has 27 heavy (non-hydrogen) atoms. The number of halogens is 3. The molecule has 0 amide bonds. The molecular formula is C18H13Cl2FN4O2. The molecule has 9 heteroatoms. The lowest BCUT2D eigenvalue weighted by atomic mass is 10.3. The van der Waals surface area contributed by atoms with Crippen LogP contribution < -0.4 is 20.5 Å². The van der Waals surface area contributed by atoms with Gasteiger partial charge in [-0.15, -0.1) is 0 Å². The molecule has 6 nitrogen and oxygen atoms in total. The van der Waals surface area contributed by atoms with Crippen LogP contribution in [0.15, 0.2) is 47.3 Å². The number of hydrogen-bond acceptors (Lipinski definition) is 5. The van der Waals surface area contributed by atoms with Gasteiger partial charge < -0.3 is 15.0 Å². The van der Waals surface area contributed by atoms with Crippen LogP contribution >= 0.6 is 23.2 Å². The number of fused-ring (bicyclic) bond motifs is 1. The van der Waals surface area contributed by atoms with Crippen molar-refractivity contribution in [2.24, 2.45) is 0 Å². The highest BCUT2D eigenvalue weighted by Crippen LogP contribution is 2.32. The Labute approximate surface area is 163 Å². The Hall–Kier alpha value is -2.77. The molecule has 0 aliphatic carbocycles. The normalized spacial score (nSPS) is 12.7. The Morgan fingerprint density at radius 1 is 1.15 bits per heavy atom. The average Bonchev–Trinajstić information content (AvgIpc) is 3.00. The van der Waals surface area contributed by atoms with Gasteiger partial charge in [0.15, 0.2) is 17.4 Å². The van der Waals surface area contributed by atoms with Gasteiger partial charge in [0.25, 0.3) is 5.56 Å². The van der Waals surface area contributed by atoms with E-state index in [0.29, 0.717) is 28.9 Å². The number of aromatic nitrogens is 2. The molecule has 0 radical (unpaired) electrons. The van der Waals surface area contributed by atoms with E-state index < -0.39 is 5.82 Å². The van der Waals surface area contributed by atoms with Gasteiger partial charge in [-0.05, 0) is 42.5 Å². The van der Waals surface area contributed by atoms with Crippen molar-refractivity contribution in [3.63, 3.8) is 0 Å². The Morgan fingerprint density at radius 2 is 1.85 bits per heavy atom. The third-order valence-corrected chi connectivity index (χ3v) is 4.56. The summed E-state index contributed by atoms with van der Waals surface area (Å²) in [5, 5.41) is 3.76. The van der Waals surface area contributed by atoms with Gasteiger partial charge in [0.2, 0.25) is 0 Å². The van der Waals surface area contributed by atoms with Gasteiger partial charge >= 0.3 is 6.01 Å². The molecule has 0 bridgehead atoms. The summed E-state index contributed by atoms with van der Waals surface area (Å²) in [6.45, 7) is 0.428. The van der Waals surface area contributed by atoms with E-state index >= 15 is 0 Å². The van der Waals surface area contributed by atoms with Crippen molar-refractivity contribution < 1.29 is 9.13 Å². The second-order valence-electron chi connectivity index (χ2n) is 5.92. The minimum atomic E-state index is -0.661. The molecule has 1 N–H and O–H groups in total. The summed E-state index contributed by atoms with van der Waals surface area (Å²) in [5.74, 6) is -0.330. The number of nitrogens with one attached hydrogen (secondary N) is 1. The van der Waals surface area contributed by atoms with Crippen LogP contribution in [0.5, 0.6) is 11.8 Å². The highest BCUT2D eigenvalue weighted by molar-refractivity contribution is 6.30. The summed E-state index contributed by atoms with van der Waals surface area (Å²) < 4.78 is 21.1. The zero-order valence-corrected chi connectivity index (χ0v) is 15.6. The van der Waals surface area contributed by atoms with Crippen LogP contribution in [0.3, 0.4) is 0 Å². The van der Waals surface area contributed by atoms with E-state index in [2.05, 4.69) is 10.3 Å². The third-order valence-electron chi connectivity index (χ3n) is 4.07. The fourth-order valence-electron chi connectivity index (χ4n) is 2.74. The van der Waals surface area contributed by atoms with E-state index in [-0.39, 0.29) is 22.3 Å². The summed E-state index contributed by atoms with van der Waals surface area (Å²) in [6, 6.07) is 10.5. The van der Waals surface area contributed by atoms with Crippen molar-refractivity contribution in [2.45, 2.75) is 0 Å². The first-order chi connectivity index (χ1) is 12.9. The van der Waals surface area contributed by atoms with Gasteiger partial charge in [0.05, 0.1) is 12.4 Å². The molecule has 0 fully saturated rings. The highest BCUT2D eigenvalue weighted by Gasteiger charge is 2.26. The quantitative estimate of drug-likeness (QED) is 0.702. The second kappa shape index (κ2) is 6.75. The number of hydrogen-bond donors (Lipinski definition) is 1. The minimum absolute atomic E-state index is 0.0714. The Kier molecular flexibility index (Phi) is 4.41. The third kappa shape index (κ3) is 3.20. The van der Waals surface area contributed by atoms with Crippen LogP contribution in [0.25, 0.3) is 5.69 Å². The van der Waals surface area contributed by atoms with E-state index in [4.69, 9.17) is 27.9 Å². The first-order valence-corrected chi connectivity index (χ1v) is 8.70. The van der Waals surface area contributed by atoms with Crippen LogP contribution in [-0.2, 0) is 0 Å². The van der Waals surface area contributed by atoms with Crippen molar-refractivity contribution in [1.29, 1.82) is 0 Å². The smallest absolute Gasteiger partial charge is 0.311 e. The fraction of sp³-hybridized carbons (Fsp3) is 0.111. The van der Waals surface area contributed by atoms with E-state index in [0.717, 1.165) is 6.07 Å². The molecule has 0 atom stereocenters. The van der Waals surface area contributed by atoms with Gasteiger partial charge in [-0.3, -0.25) is 4.79 Å². The molecule has 2 aromatic carbocycles. The van der Waals surface area contributed by atoms with Gasteiger partial charge in [0.1, 0.15) is 5.69 Å². The number of nitrogens with zero attached hydrogens (tertiary/aromatic N) is 3. The molecule has 4 rings (SSSR count). The maximum atomic E-state index is 14.2. The molecule has 1 aliphatic heterocycles. The maximum Gasteiger partial charge on any atom is 0.311 e. The van der Waals surface area contributed by atoms with E-state index in [1.807, 2.05) is 0 Å². The number of ether oxygens (including phenoxy) is 1. The molecule has 3 aromatic rings. The summed E-state index contributed by atoms with van der Waals surface area (Å²) in [4.78, 5) is 19.2. The summed E-state index contributed by atoms with van der Waals surface area (Å²) in [6.07, 6.45) is 0. The molecule has 0 saturated carbocycles. The predicted molar refractivity (Wildman–Crippen MR) is 103 cm³/mol. The first-order valence-electron chi connectivity index (χ1n) is 7.95. The van der Waals surface area contributed by atoms with Crippen LogP contribution in [0.1, 0.15) is 0 Å². The molecule has 0 saturated heterocycles. The summed E-state index contributed by atoms with van der Waals surface area (Å²) in [5.41, 5.74) is 0.466. The second-order valence-corrected chi connectivity index (χ2v) is 6.79. The minimum Gasteiger partial charge on any atom is -0.422 e. The highest BCUT2D eigenvalue weighted by atomic mass is 35.5. The number of rotatable bonds is 3. The number of benzene rings is 2. The molecule has 2 heterocycles. The van der Waals surface area contributed by atoms with Crippen molar-refractivity contribution in [3.05, 3.63) is 68.7 Å². The summed E-state index contributed by atoms with van der Waals surface area (Å²) in [7, 11) is 1.78. The topological polar surface area (TPSA) is 59.4 Å². The van der Waals surface area contributed by atoms with Crippen LogP contribution in [0, 0.1) is 5.82 Å². The lowest BCUT2D eigenvalue weighted by Crippen LogP contribution is -2.23. The van der Waals surface area contributed by atoms with E-state index in [1.54, 1.807) is 36.2 Å². The van der Waals surface area contributed by atoms with Gasteiger partial charge in [-0.1, -0.05) is 23.2 Å². The van der Waals surface area contributed by atoms with Crippen LogP contribution in [0.4, 0.5) is 15.9 Å². The monoisotopic (exact) mass is 406 g/mol. The van der Waals surface area contributed by atoms with Crippen LogP contribution in [0.2, 0.25) is 10.0 Å². The standard InChI is InChI=1S/C18H13Cl2FN4O2/c1-24-9-22-15-16(24)23-18(27-14-7-4-11(20)8-13(14)21)25(17(15)26)12-5-2-10(19)3-6-12/h2-8,22H,9H2,1H3. The zero-order valence-electron chi connectivity index (χ0n) is 14.0. The first kappa shape index (κ1) is 17.6. The predicted octanol–water partition coefficient (Wildman–Crippen LogP) is 4.29. The Bertz CT molecular complexity index is 1090. The maximum absolute atomic E-state index is 14.2. The van der Waals surface area contributed by atoms with Crippen molar-refractivity contribution >= 4 is 34.7 Å². The van der Waals surface area contributed by atoms with E-state index in [1.165, 1.54) is 16.7 Å². The SMILES string of the molecule is CN1CNc2c1nc(Oc1ccc(Cl)cc1F)n(-c1ccc(Cl)cc1)c2=O. The molecule has 1 aliphatic rings. The lowest BCUT2D eigenvalue weighted by molar-refractivity contribution is 0.398. The molecule has 0 spiro atoms. The zero-order chi connectivity index (χ0) is 19.1. The van der Waals surface area contributed by atoms with Crippen molar-refractivity contribution in [3.8, 4) is 17.4 Å². The van der Waals surface area contributed by atoms with Crippen molar-refractivity contribution in [1.82, 2.24) is 9.55 Å². The van der Waals surface area contributed by atoms with Gasteiger partial charge in [-0.25, -0.2) is 8.96 Å². The van der Waals surface area contributed by atoms with E-state index in [9.17, 15) is 9.18 Å². The van der Waals surface area contributed by atoms with Crippen LogP contribution in [-0.4, -0.2) is 23.3 Å². The lowest BCUT2D eigenvalue weighted by Gasteiger charge is -2.16. The summed E-state index contributed by atoms with van der Waals surface area (Å²) >= 11 is 11.7. The largest absolute Gasteiger partial charge is 0.422 e. The molecule has 138 valence electrons. The number of anilines is 2. The molecular weight excluding hydrogens is 394 g/mol. The van der Waals surface area contributed by atoms with Gasteiger partial charge in [0, 0.05) is 17.1 Å². The van der Waals surface area contributed by atoms with Crippen molar-refractivity contribution in [2.75, 3.05) is 23.9 Å². The average molecular weight is 407 g/mol.